The first kappa shape index (κ1) is 32.1. The van der Waals surface area contributed by atoms with Gasteiger partial charge in [-0.3, -0.25) is 19.7 Å². The van der Waals surface area contributed by atoms with Crippen molar-refractivity contribution in [3.8, 4) is 5.75 Å². The van der Waals surface area contributed by atoms with Gasteiger partial charge in [0, 0.05) is 25.1 Å². The van der Waals surface area contributed by atoms with Gasteiger partial charge in [0.15, 0.2) is 5.11 Å². The van der Waals surface area contributed by atoms with Crippen molar-refractivity contribution in [2.75, 3.05) is 26.3 Å². The molecule has 0 saturated carbocycles. The van der Waals surface area contributed by atoms with Gasteiger partial charge >= 0.3 is 5.97 Å². The molecule has 9 heteroatoms. The van der Waals surface area contributed by atoms with Crippen LogP contribution in [-0.2, 0) is 20.7 Å². The summed E-state index contributed by atoms with van der Waals surface area (Å²) in [5.41, 5.74) is 1.60. The summed E-state index contributed by atoms with van der Waals surface area (Å²) >= 11 is 5.47. The van der Waals surface area contributed by atoms with Crippen molar-refractivity contribution >= 4 is 35.1 Å². The highest BCUT2D eigenvalue weighted by Crippen LogP contribution is 2.15. The minimum Gasteiger partial charge on any atom is -0.493 e. The number of nitrogens with zero attached hydrogens (tertiary/aromatic N) is 1. The molecule has 0 aliphatic carbocycles. The summed E-state index contributed by atoms with van der Waals surface area (Å²) in [6.07, 6.45) is 9.90. The molecule has 2 aromatic rings. The average Bonchev–Trinajstić information content (AvgIpc) is 2.98. The van der Waals surface area contributed by atoms with Crippen LogP contribution in [0.3, 0.4) is 0 Å². The molecule has 0 bridgehead atoms. The Bertz CT molecular complexity index is 1110. The largest absolute Gasteiger partial charge is 0.493 e. The maximum Gasteiger partial charge on any atom is 0.308 e. The molecule has 3 rings (SSSR count). The van der Waals surface area contributed by atoms with Crippen molar-refractivity contribution in [2.24, 2.45) is 0 Å². The zero-order valence-corrected chi connectivity index (χ0v) is 24.9. The van der Waals surface area contributed by atoms with Gasteiger partial charge in [0.2, 0.25) is 5.91 Å². The third kappa shape index (κ3) is 11.5. The van der Waals surface area contributed by atoms with Crippen molar-refractivity contribution < 1.29 is 23.9 Å². The smallest absolute Gasteiger partial charge is 0.308 e. The Balaban J connectivity index is 1.41. The Morgan fingerprint density at radius 2 is 1.63 bits per heavy atom. The lowest BCUT2D eigenvalue weighted by molar-refractivity contribution is -0.147. The number of esters is 1. The van der Waals surface area contributed by atoms with Gasteiger partial charge in [-0.25, -0.2) is 0 Å². The van der Waals surface area contributed by atoms with Crippen LogP contribution in [0.1, 0.15) is 80.6 Å². The third-order valence-corrected chi connectivity index (χ3v) is 7.39. The van der Waals surface area contributed by atoms with E-state index in [0.717, 1.165) is 25.7 Å². The molecule has 8 nitrogen and oxygen atoms in total. The van der Waals surface area contributed by atoms with Crippen LogP contribution in [0.25, 0.3) is 0 Å². The summed E-state index contributed by atoms with van der Waals surface area (Å²) in [7, 11) is 0. The van der Waals surface area contributed by atoms with E-state index in [1.807, 2.05) is 18.2 Å². The minimum absolute atomic E-state index is 0.105. The number of rotatable bonds is 16. The fourth-order valence-corrected chi connectivity index (χ4v) is 4.99. The molecule has 1 aliphatic rings. The fourth-order valence-electron chi connectivity index (χ4n) is 4.67. The van der Waals surface area contributed by atoms with E-state index in [0.29, 0.717) is 37.6 Å². The van der Waals surface area contributed by atoms with Crippen LogP contribution >= 0.6 is 12.2 Å². The summed E-state index contributed by atoms with van der Waals surface area (Å²) in [5, 5.41) is 5.58. The third-order valence-electron chi connectivity index (χ3n) is 7.05. The van der Waals surface area contributed by atoms with Crippen LogP contribution in [0.5, 0.6) is 5.75 Å². The second kappa shape index (κ2) is 18.1. The van der Waals surface area contributed by atoms with E-state index in [9.17, 15) is 14.4 Å². The number of nitrogens with one attached hydrogen (secondary N) is 2. The molecule has 1 unspecified atom stereocenters. The van der Waals surface area contributed by atoms with E-state index in [1.165, 1.54) is 37.7 Å². The number of carbonyl (C=O) groups excluding carboxylic acids is 3. The number of amides is 2. The fraction of sp³-hybridized carbons (Fsp3) is 0.500. The average molecular weight is 582 g/mol. The number of unbranched alkanes of at least 4 members (excludes halogenated alkanes) is 7. The van der Waals surface area contributed by atoms with Gasteiger partial charge in [-0.05, 0) is 48.5 Å². The van der Waals surface area contributed by atoms with Gasteiger partial charge < -0.3 is 19.7 Å². The predicted molar refractivity (Wildman–Crippen MR) is 164 cm³/mol. The zero-order chi connectivity index (χ0) is 29.3. The maximum absolute atomic E-state index is 12.9. The molecule has 2 aromatic carbocycles. The SMILES string of the molecule is CCCCCCCCCCOC(=O)CC1C(=O)NCCN1C(=S)NC(=O)c1ccc(OCCc2ccccc2)cc1. The number of hydrogen-bond donors (Lipinski definition) is 2. The molecule has 0 radical (unpaired) electrons. The molecule has 2 amide bonds. The number of benzene rings is 2. The van der Waals surface area contributed by atoms with Gasteiger partial charge in [0.1, 0.15) is 11.8 Å². The van der Waals surface area contributed by atoms with Crippen LogP contribution in [0, 0.1) is 0 Å². The van der Waals surface area contributed by atoms with Crippen LogP contribution in [0.4, 0.5) is 0 Å². The maximum atomic E-state index is 12.9. The van der Waals surface area contributed by atoms with Gasteiger partial charge in [-0.1, -0.05) is 82.2 Å². The van der Waals surface area contributed by atoms with Gasteiger partial charge in [-0.15, -0.1) is 0 Å². The number of hydrogen-bond acceptors (Lipinski definition) is 6. The van der Waals surface area contributed by atoms with Crippen LogP contribution in [0.2, 0.25) is 0 Å². The van der Waals surface area contributed by atoms with Crippen molar-refractivity contribution in [3.05, 3.63) is 65.7 Å². The van der Waals surface area contributed by atoms with Gasteiger partial charge in [-0.2, -0.15) is 0 Å². The molecule has 1 heterocycles. The zero-order valence-electron chi connectivity index (χ0n) is 24.1. The first-order chi connectivity index (χ1) is 20.0. The molecule has 2 N–H and O–H groups in total. The second-order valence-corrected chi connectivity index (χ2v) is 10.7. The van der Waals surface area contributed by atoms with Gasteiger partial charge in [0.25, 0.3) is 5.91 Å². The highest BCUT2D eigenvalue weighted by Gasteiger charge is 2.34. The van der Waals surface area contributed by atoms with Crippen molar-refractivity contribution in [1.29, 1.82) is 0 Å². The minimum atomic E-state index is -0.831. The Labute approximate surface area is 249 Å². The lowest BCUT2D eigenvalue weighted by Crippen LogP contribution is -2.60. The van der Waals surface area contributed by atoms with E-state index >= 15 is 0 Å². The highest BCUT2D eigenvalue weighted by atomic mass is 32.1. The van der Waals surface area contributed by atoms with E-state index in [4.69, 9.17) is 21.7 Å². The number of piperazine rings is 1. The van der Waals surface area contributed by atoms with E-state index in [-0.39, 0.29) is 17.4 Å². The highest BCUT2D eigenvalue weighted by molar-refractivity contribution is 7.80. The first-order valence-electron chi connectivity index (χ1n) is 14.8. The molecule has 41 heavy (non-hydrogen) atoms. The standard InChI is InChI=1S/C32H43N3O5S/c1-2-3-4-5-6-7-8-12-22-40-29(36)24-28-31(38)33-20-21-35(28)32(41)34-30(37)26-15-17-27(18-16-26)39-23-19-25-13-10-9-11-14-25/h9-11,13-18,28H,2-8,12,19-24H2,1H3,(H,33,38)(H,34,37,41). The topological polar surface area (TPSA) is 97.0 Å². The Hall–Kier alpha value is -3.46. The Kier molecular flexibility index (Phi) is 14.1. The van der Waals surface area contributed by atoms with Crippen molar-refractivity contribution in [2.45, 2.75) is 77.2 Å². The number of ether oxygens (including phenoxy) is 2. The molecule has 1 fully saturated rings. The Morgan fingerprint density at radius 1 is 0.951 bits per heavy atom. The molecule has 1 aliphatic heterocycles. The van der Waals surface area contributed by atoms with Crippen LogP contribution in [0.15, 0.2) is 54.6 Å². The summed E-state index contributed by atoms with van der Waals surface area (Å²) in [6.45, 7) is 3.83. The molecule has 1 saturated heterocycles. The number of carbonyl (C=O) groups is 3. The number of thiocarbonyl (C=S) groups is 1. The predicted octanol–water partition coefficient (Wildman–Crippen LogP) is 5.20. The normalized spacial score (nSPS) is 14.7. The molecular formula is C32H43N3O5S. The van der Waals surface area contributed by atoms with Crippen LogP contribution < -0.4 is 15.4 Å². The van der Waals surface area contributed by atoms with E-state index < -0.39 is 17.9 Å². The molecule has 1 atom stereocenters. The quantitative estimate of drug-likeness (QED) is 0.160. The monoisotopic (exact) mass is 581 g/mol. The van der Waals surface area contributed by atoms with Crippen LogP contribution in [-0.4, -0.2) is 60.1 Å². The van der Waals surface area contributed by atoms with Crippen molar-refractivity contribution in [3.63, 3.8) is 0 Å². The Morgan fingerprint density at radius 3 is 2.34 bits per heavy atom. The van der Waals surface area contributed by atoms with E-state index in [1.54, 1.807) is 29.2 Å². The van der Waals surface area contributed by atoms with E-state index in [2.05, 4.69) is 29.7 Å². The van der Waals surface area contributed by atoms with Gasteiger partial charge in [0.05, 0.1) is 19.6 Å². The lowest BCUT2D eigenvalue weighted by Gasteiger charge is -2.36. The molecule has 0 aromatic heterocycles. The van der Waals surface area contributed by atoms with Crippen molar-refractivity contribution in [1.82, 2.24) is 15.5 Å². The molecular weight excluding hydrogens is 538 g/mol. The lowest BCUT2D eigenvalue weighted by atomic mass is 10.1. The summed E-state index contributed by atoms with van der Waals surface area (Å²) in [6, 6.07) is 16.1. The first-order valence-corrected chi connectivity index (χ1v) is 15.2. The summed E-state index contributed by atoms with van der Waals surface area (Å²) < 4.78 is 11.2. The molecule has 0 spiro atoms. The summed E-state index contributed by atoms with van der Waals surface area (Å²) in [4.78, 5) is 39.5. The molecule has 222 valence electrons. The summed E-state index contributed by atoms with van der Waals surface area (Å²) in [5.74, 6) is -0.489. The second-order valence-electron chi connectivity index (χ2n) is 10.3.